The molecular weight excluding hydrogens is 204 g/mol. The van der Waals surface area contributed by atoms with E-state index in [1.54, 1.807) is 19.2 Å². The zero-order valence-corrected chi connectivity index (χ0v) is 9.32. The van der Waals surface area contributed by atoms with Crippen molar-refractivity contribution in [2.24, 2.45) is 0 Å². The summed E-state index contributed by atoms with van der Waals surface area (Å²) in [5.41, 5.74) is 0.645. The zero-order chi connectivity index (χ0) is 11.4. The molecule has 1 fully saturated rings. The Hall–Kier alpha value is -1.55. The maximum Gasteiger partial charge on any atom is 0.251 e. The first-order valence-electron chi connectivity index (χ1n) is 5.45. The Kier molecular flexibility index (Phi) is 3.41. The first-order chi connectivity index (χ1) is 7.79. The molecule has 0 spiro atoms. The van der Waals surface area contributed by atoms with Crippen LogP contribution >= 0.6 is 0 Å². The van der Waals surface area contributed by atoms with Gasteiger partial charge in [-0.15, -0.1) is 0 Å². The van der Waals surface area contributed by atoms with Gasteiger partial charge >= 0.3 is 0 Å². The molecule has 1 heterocycles. The van der Waals surface area contributed by atoms with Crippen molar-refractivity contribution in [3.63, 3.8) is 0 Å². The molecule has 0 unspecified atom stereocenters. The summed E-state index contributed by atoms with van der Waals surface area (Å²) >= 11 is 0. The summed E-state index contributed by atoms with van der Waals surface area (Å²) in [6.45, 7) is 1.83. The van der Waals surface area contributed by atoms with Crippen molar-refractivity contribution >= 4 is 5.91 Å². The zero-order valence-electron chi connectivity index (χ0n) is 9.32. The Balaban J connectivity index is 2.01. The summed E-state index contributed by atoms with van der Waals surface area (Å²) in [5.74, 6) is 0.671. The molecule has 4 heteroatoms. The minimum Gasteiger partial charge on any atom is -0.497 e. The second-order valence-corrected chi connectivity index (χ2v) is 3.90. The van der Waals surface area contributed by atoms with Crippen molar-refractivity contribution < 1.29 is 9.53 Å². The number of rotatable bonds is 3. The van der Waals surface area contributed by atoms with Crippen LogP contribution in [0.1, 0.15) is 16.8 Å². The fraction of sp³-hybridized carbons (Fsp3) is 0.417. The summed E-state index contributed by atoms with van der Waals surface area (Å²) in [7, 11) is 1.60. The van der Waals surface area contributed by atoms with Crippen molar-refractivity contribution in [1.82, 2.24) is 10.6 Å². The van der Waals surface area contributed by atoms with E-state index in [1.165, 1.54) is 0 Å². The van der Waals surface area contributed by atoms with Crippen molar-refractivity contribution in [3.05, 3.63) is 29.8 Å². The molecule has 4 nitrogen and oxygen atoms in total. The number of nitrogens with one attached hydrogen (secondary N) is 2. The van der Waals surface area contributed by atoms with E-state index in [4.69, 9.17) is 4.74 Å². The maximum atomic E-state index is 11.9. The van der Waals surface area contributed by atoms with Gasteiger partial charge in [0.1, 0.15) is 5.75 Å². The SMILES string of the molecule is COc1cccc(C(=O)N[C@@H]2CCNC2)c1. The summed E-state index contributed by atoms with van der Waals surface area (Å²) < 4.78 is 5.08. The summed E-state index contributed by atoms with van der Waals surface area (Å²) in [5, 5.41) is 6.20. The van der Waals surface area contributed by atoms with Gasteiger partial charge in [0, 0.05) is 18.2 Å². The lowest BCUT2D eigenvalue weighted by molar-refractivity contribution is 0.0939. The number of carbonyl (C=O) groups is 1. The molecule has 86 valence electrons. The minimum atomic E-state index is -0.0346. The third kappa shape index (κ3) is 2.52. The van der Waals surface area contributed by atoms with E-state index < -0.39 is 0 Å². The number of methoxy groups -OCH3 is 1. The molecule has 16 heavy (non-hydrogen) atoms. The van der Waals surface area contributed by atoms with Gasteiger partial charge in [-0.3, -0.25) is 4.79 Å². The van der Waals surface area contributed by atoms with Crippen molar-refractivity contribution in [2.75, 3.05) is 20.2 Å². The van der Waals surface area contributed by atoms with E-state index in [9.17, 15) is 4.79 Å². The Morgan fingerprint density at radius 3 is 3.12 bits per heavy atom. The molecule has 1 atom stereocenters. The highest BCUT2D eigenvalue weighted by atomic mass is 16.5. The van der Waals surface area contributed by atoms with E-state index >= 15 is 0 Å². The van der Waals surface area contributed by atoms with Gasteiger partial charge in [0.2, 0.25) is 0 Å². The second-order valence-electron chi connectivity index (χ2n) is 3.90. The fourth-order valence-corrected chi connectivity index (χ4v) is 1.81. The average Bonchev–Trinajstić information content (AvgIpc) is 2.82. The lowest BCUT2D eigenvalue weighted by Gasteiger charge is -2.11. The monoisotopic (exact) mass is 220 g/mol. The van der Waals surface area contributed by atoms with Crippen LogP contribution in [-0.4, -0.2) is 32.1 Å². The number of benzene rings is 1. The van der Waals surface area contributed by atoms with Crippen molar-refractivity contribution in [1.29, 1.82) is 0 Å². The van der Waals surface area contributed by atoms with Gasteiger partial charge in [-0.05, 0) is 31.2 Å². The van der Waals surface area contributed by atoms with Crippen molar-refractivity contribution in [3.8, 4) is 5.75 Å². The Morgan fingerprint density at radius 2 is 2.44 bits per heavy atom. The normalized spacial score (nSPS) is 19.4. The van der Waals surface area contributed by atoms with Crippen molar-refractivity contribution in [2.45, 2.75) is 12.5 Å². The Bertz CT molecular complexity index is 373. The summed E-state index contributed by atoms with van der Waals surface area (Å²) in [6, 6.07) is 7.44. The molecule has 0 radical (unpaired) electrons. The number of hydrogen-bond donors (Lipinski definition) is 2. The highest BCUT2D eigenvalue weighted by Crippen LogP contribution is 2.12. The maximum absolute atomic E-state index is 11.9. The molecule has 1 aromatic rings. The number of carbonyl (C=O) groups excluding carboxylic acids is 1. The van der Waals surface area contributed by atoms with Gasteiger partial charge < -0.3 is 15.4 Å². The number of hydrogen-bond acceptors (Lipinski definition) is 3. The van der Waals surface area contributed by atoms with Crippen LogP contribution < -0.4 is 15.4 Å². The van der Waals surface area contributed by atoms with E-state index in [-0.39, 0.29) is 11.9 Å². The predicted octanol–water partition coefficient (Wildman–Crippen LogP) is 0.787. The molecule has 1 amide bonds. The third-order valence-electron chi connectivity index (χ3n) is 2.73. The standard InChI is InChI=1S/C12H16N2O2/c1-16-11-4-2-3-9(7-11)12(15)14-10-5-6-13-8-10/h2-4,7,10,13H,5-6,8H2,1H3,(H,14,15)/t10-/m1/s1. The van der Waals surface area contributed by atoms with E-state index in [0.29, 0.717) is 11.3 Å². The van der Waals surface area contributed by atoms with Gasteiger partial charge in [0.05, 0.1) is 7.11 Å². The predicted molar refractivity (Wildman–Crippen MR) is 61.7 cm³/mol. The first-order valence-corrected chi connectivity index (χ1v) is 5.45. The fourth-order valence-electron chi connectivity index (χ4n) is 1.81. The smallest absolute Gasteiger partial charge is 0.251 e. The van der Waals surface area contributed by atoms with Crippen LogP contribution in [0, 0.1) is 0 Å². The van der Waals surface area contributed by atoms with Crippen LogP contribution in [0.25, 0.3) is 0 Å². The molecule has 1 aliphatic heterocycles. The van der Waals surface area contributed by atoms with Crippen LogP contribution in [0.4, 0.5) is 0 Å². The molecule has 2 rings (SSSR count). The molecule has 1 saturated heterocycles. The summed E-state index contributed by atoms with van der Waals surface area (Å²) in [4.78, 5) is 11.9. The molecule has 0 bridgehead atoms. The highest BCUT2D eigenvalue weighted by Gasteiger charge is 2.17. The largest absolute Gasteiger partial charge is 0.497 e. The molecule has 2 N–H and O–H groups in total. The minimum absolute atomic E-state index is 0.0346. The molecule has 0 saturated carbocycles. The lowest BCUT2D eigenvalue weighted by Crippen LogP contribution is -2.36. The molecule has 1 aromatic carbocycles. The number of ether oxygens (including phenoxy) is 1. The van der Waals surface area contributed by atoms with E-state index in [2.05, 4.69) is 10.6 Å². The highest BCUT2D eigenvalue weighted by molar-refractivity contribution is 5.94. The van der Waals surface area contributed by atoms with Gasteiger partial charge in [-0.2, -0.15) is 0 Å². The quantitative estimate of drug-likeness (QED) is 0.791. The molecular formula is C12H16N2O2. The average molecular weight is 220 g/mol. The summed E-state index contributed by atoms with van der Waals surface area (Å²) in [6.07, 6.45) is 0.996. The van der Waals surface area contributed by atoms with E-state index in [0.717, 1.165) is 19.5 Å². The Labute approximate surface area is 95.0 Å². The van der Waals surface area contributed by atoms with Crippen LogP contribution in [0.2, 0.25) is 0 Å². The first kappa shape index (κ1) is 11.0. The Morgan fingerprint density at radius 1 is 1.56 bits per heavy atom. The van der Waals surface area contributed by atoms with Crippen LogP contribution in [0.3, 0.4) is 0 Å². The van der Waals surface area contributed by atoms with Crippen LogP contribution in [0.5, 0.6) is 5.75 Å². The second kappa shape index (κ2) is 4.99. The van der Waals surface area contributed by atoms with Crippen LogP contribution in [0.15, 0.2) is 24.3 Å². The molecule has 1 aliphatic rings. The van der Waals surface area contributed by atoms with Gasteiger partial charge in [0.25, 0.3) is 5.91 Å². The number of amides is 1. The van der Waals surface area contributed by atoms with Gasteiger partial charge in [-0.25, -0.2) is 0 Å². The molecule has 0 aromatic heterocycles. The lowest BCUT2D eigenvalue weighted by atomic mass is 10.2. The topological polar surface area (TPSA) is 50.4 Å². The third-order valence-corrected chi connectivity index (χ3v) is 2.73. The van der Waals surface area contributed by atoms with E-state index in [1.807, 2.05) is 12.1 Å². The molecule has 0 aliphatic carbocycles. The van der Waals surface area contributed by atoms with Gasteiger partial charge in [0.15, 0.2) is 0 Å². The van der Waals surface area contributed by atoms with Gasteiger partial charge in [-0.1, -0.05) is 6.07 Å². The van der Waals surface area contributed by atoms with Crippen LogP contribution in [-0.2, 0) is 0 Å².